The summed E-state index contributed by atoms with van der Waals surface area (Å²) in [5, 5.41) is 3.30. The van der Waals surface area contributed by atoms with Gasteiger partial charge >= 0.3 is 0 Å². The Bertz CT molecular complexity index is 310. The number of hydrogen-bond acceptors (Lipinski definition) is 2. The molecule has 0 saturated carbocycles. The Balaban J connectivity index is 2.80. The Kier molecular flexibility index (Phi) is 3.47. The van der Waals surface area contributed by atoms with Gasteiger partial charge in [-0.1, -0.05) is 19.9 Å². The van der Waals surface area contributed by atoms with Gasteiger partial charge in [0, 0.05) is 12.1 Å². The molecule has 3 heteroatoms. The van der Waals surface area contributed by atoms with Crippen molar-refractivity contribution in [3.8, 4) is 0 Å². The van der Waals surface area contributed by atoms with Crippen LogP contribution < -0.4 is 11.1 Å². The lowest BCUT2D eigenvalue weighted by atomic mass is 10.1. The van der Waals surface area contributed by atoms with Crippen molar-refractivity contribution in [3.63, 3.8) is 0 Å². The molecule has 1 rings (SSSR count). The molecule has 0 aliphatic rings. The fraction of sp³-hybridized carbons (Fsp3) is 0.455. The van der Waals surface area contributed by atoms with Crippen LogP contribution in [0, 0.1) is 5.82 Å². The van der Waals surface area contributed by atoms with E-state index in [1.54, 1.807) is 6.07 Å². The monoisotopic (exact) mass is 196 g/mol. The van der Waals surface area contributed by atoms with E-state index in [1.807, 2.05) is 13.0 Å². The van der Waals surface area contributed by atoms with E-state index in [1.165, 1.54) is 6.07 Å². The van der Waals surface area contributed by atoms with Crippen LogP contribution in [0.15, 0.2) is 18.2 Å². The van der Waals surface area contributed by atoms with Crippen molar-refractivity contribution in [2.75, 3.05) is 5.73 Å². The summed E-state index contributed by atoms with van der Waals surface area (Å²) < 4.78 is 13.1. The molecule has 0 aliphatic heterocycles. The van der Waals surface area contributed by atoms with E-state index in [9.17, 15) is 4.39 Å². The van der Waals surface area contributed by atoms with Gasteiger partial charge in [0.2, 0.25) is 0 Å². The van der Waals surface area contributed by atoms with Crippen LogP contribution in [0.4, 0.5) is 10.1 Å². The van der Waals surface area contributed by atoms with E-state index < -0.39 is 0 Å². The summed E-state index contributed by atoms with van der Waals surface area (Å²) in [5.41, 5.74) is 6.52. The highest BCUT2D eigenvalue weighted by molar-refractivity contribution is 5.41. The Morgan fingerprint density at radius 1 is 1.29 bits per heavy atom. The lowest BCUT2D eigenvalue weighted by Crippen LogP contribution is -2.26. The SMILES string of the molecule is CC(C)N[C@H](C)c1ccc(N)c(F)c1. The van der Waals surface area contributed by atoms with Crippen molar-refractivity contribution < 1.29 is 4.39 Å². The number of halogens is 1. The predicted octanol–water partition coefficient (Wildman–Crippen LogP) is 2.47. The van der Waals surface area contributed by atoms with Crippen LogP contribution in [-0.2, 0) is 0 Å². The topological polar surface area (TPSA) is 38.0 Å². The highest BCUT2D eigenvalue weighted by atomic mass is 19.1. The summed E-state index contributed by atoms with van der Waals surface area (Å²) in [4.78, 5) is 0. The highest BCUT2D eigenvalue weighted by Gasteiger charge is 2.08. The van der Waals surface area contributed by atoms with Gasteiger partial charge in [0.05, 0.1) is 5.69 Å². The van der Waals surface area contributed by atoms with Gasteiger partial charge in [-0.2, -0.15) is 0 Å². The van der Waals surface area contributed by atoms with Crippen LogP contribution in [0.1, 0.15) is 32.4 Å². The summed E-state index contributed by atoms with van der Waals surface area (Å²) in [6, 6.07) is 5.45. The van der Waals surface area contributed by atoms with Crippen LogP contribution in [0.2, 0.25) is 0 Å². The molecule has 0 amide bonds. The second-order valence-corrected chi connectivity index (χ2v) is 3.82. The Morgan fingerprint density at radius 3 is 2.43 bits per heavy atom. The molecule has 3 N–H and O–H groups in total. The zero-order valence-corrected chi connectivity index (χ0v) is 8.84. The fourth-order valence-electron chi connectivity index (χ4n) is 1.41. The van der Waals surface area contributed by atoms with Crippen molar-refractivity contribution in [3.05, 3.63) is 29.6 Å². The molecule has 0 fully saturated rings. The van der Waals surface area contributed by atoms with Gasteiger partial charge in [-0.25, -0.2) is 4.39 Å². The first-order valence-corrected chi connectivity index (χ1v) is 4.81. The molecule has 1 aromatic rings. The second kappa shape index (κ2) is 4.42. The maximum atomic E-state index is 13.1. The van der Waals surface area contributed by atoms with Gasteiger partial charge in [-0.05, 0) is 24.6 Å². The molecule has 0 spiro atoms. The molecule has 1 aromatic carbocycles. The van der Waals surface area contributed by atoms with E-state index in [4.69, 9.17) is 5.73 Å². The molecular formula is C11H17FN2. The number of nitrogen functional groups attached to an aromatic ring is 1. The first kappa shape index (κ1) is 11.0. The molecule has 1 atom stereocenters. The maximum Gasteiger partial charge on any atom is 0.146 e. The third-order valence-electron chi connectivity index (χ3n) is 2.11. The van der Waals surface area contributed by atoms with E-state index in [2.05, 4.69) is 19.2 Å². The summed E-state index contributed by atoms with van der Waals surface area (Å²) in [5.74, 6) is -0.347. The van der Waals surface area contributed by atoms with E-state index >= 15 is 0 Å². The Morgan fingerprint density at radius 2 is 1.93 bits per heavy atom. The minimum absolute atomic E-state index is 0.144. The minimum Gasteiger partial charge on any atom is -0.396 e. The van der Waals surface area contributed by atoms with Crippen molar-refractivity contribution >= 4 is 5.69 Å². The average molecular weight is 196 g/mol. The van der Waals surface area contributed by atoms with Crippen molar-refractivity contribution in [1.82, 2.24) is 5.32 Å². The Hall–Kier alpha value is -1.09. The summed E-state index contributed by atoms with van der Waals surface area (Å²) >= 11 is 0. The lowest BCUT2D eigenvalue weighted by molar-refractivity contribution is 0.503. The summed E-state index contributed by atoms with van der Waals surface area (Å²) in [7, 11) is 0. The molecule has 0 radical (unpaired) electrons. The standard InChI is InChI=1S/C11H17FN2/c1-7(2)14-8(3)9-4-5-11(13)10(12)6-9/h4-8,14H,13H2,1-3H3/t8-/m1/s1. The first-order chi connectivity index (χ1) is 6.50. The largest absolute Gasteiger partial charge is 0.396 e. The molecule has 0 saturated heterocycles. The van der Waals surface area contributed by atoms with Crippen LogP contribution in [0.25, 0.3) is 0 Å². The quantitative estimate of drug-likeness (QED) is 0.729. The molecule has 0 bridgehead atoms. The average Bonchev–Trinajstić information content (AvgIpc) is 2.08. The molecule has 14 heavy (non-hydrogen) atoms. The summed E-state index contributed by atoms with van der Waals surface area (Å²) in [6.07, 6.45) is 0. The minimum atomic E-state index is -0.347. The van der Waals surface area contributed by atoms with Crippen LogP contribution in [0.5, 0.6) is 0 Å². The van der Waals surface area contributed by atoms with Gasteiger partial charge in [-0.3, -0.25) is 0 Å². The smallest absolute Gasteiger partial charge is 0.146 e. The number of nitrogens with two attached hydrogens (primary N) is 1. The number of nitrogens with one attached hydrogen (secondary N) is 1. The van der Waals surface area contributed by atoms with E-state index in [-0.39, 0.29) is 17.5 Å². The highest BCUT2D eigenvalue weighted by Crippen LogP contribution is 2.18. The molecule has 0 aromatic heterocycles. The number of benzene rings is 1. The third kappa shape index (κ3) is 2.70. The van der Waals surface area contributed by atoms with Gasteiger partial charge < -0.3 is 11.1 Å². The predicted molar refractivity (Wildman–Crippen MR) is 57.5 cm³/mol. The zero-order chi connectivity index (χ0) is 10.7. The van der Waals surface area contributed by atoms with E-state index in [0.29, 0.717) is 6.04 Å². The van der Waals surface area contributed by atoms with Gasteiger partial charge in [0.15, 0.2) is 0 Å². The van der Waals surface area contributed by atoms with Crippen molar-refractivity contribution in [2.24, 2.45) is 0 Å². The third-order valence-corrected chi connectivity index (χ3v) is 2.11. The van der Waals surface area contributed by atoms with Crippen LogP contribution >= 0.6 is 0 Å². The maximum absolute atomic E-state index is 13.1. The normalized spacial score (nSPS) is 13.2. The first-order valence-electron chi connectivity index (χ1n) is 4.81. The lowest BCUT2D eigenvalue weighted by Gasteiger charge is -2.17. The van der Waals surface area contributed by atoms with E-state index in [0.717, 1.165) is 5.56 Å². The Labute approximate surface area is 84.3 Å². The van der Waals surface area contributed by atoms with Crippen molar-refractivity contribution in [2.45, 2.75) is 32.9 Å². The van der Waals surface area contributed by atoms with Crippen LogP contribution in [-0.4, -0.2) is 6.04 Å². The number of anilines is 1. The van der Waals surface area contributed by atoms with Crippen molar-refractivity contribution in [1.29, 1.82) is 0 Å². The molecular weight excluding hydrogens is 179 g/mol. The molecule has 0 aliphatic carbocycles. The molecule has 0 unspecified atom stereocenters. The zero-order valence-electron chi connectivity index (χ0n) is 8.84. The van der Waals surface area contributed by atoms with Gasteiger partial charge in [-0.15, -0.1) is 0 Å². The molecule has 78 valence electrons. The fourth-order valence-corrected chi connectivity index (χ4v) is 1.41. The number of hydrogen-bond donors (Lipinski definition) is 2. The molecule has 0 heterocycles. The second-order valence-electron chi connectivity index (χ2n) is 3.82. The van der Waals surface area contributed by atoms with Gasteiger partial charge in [0.1, 0.15) is 5.82 Å². The van der Waals surface area contributed by atoms with Gasteiger partial charge in [0.25, 0.3) is 0 Å². The summed E-state index contributed by atoms with van der Waals surface area (Å²) in [6.45, 7) is 6.12. The number of rotatable bonds is 3. The van der Waals surface area contributed by atoms with Crippen LogP contribution in [0.3, 0.4) is 0 Å². The molecule has 2 nitrogen and oxygen atoms in total.